The number of urea groups is 1. The number of anilines is 1. The van der Waals surface area contributed by atoms with Crippen LogP contribution in [-0.4, -0.2) is 24.3 Å². The highest BCUT2D eigenvalue weighted by molar-refractivity contribution is 5.90. The van der Waals surface area contributed by atoms with Gasteiger partial charge in [0, 0.05) is 23.4 Å². The zero-order chi connectivity index (χ0) is 18.4. The van der Waals surface area contributed by atoms with Gasteiger partial charge < -0.3 is 24.9 Å². The summed E-state index contributed by atoms with van der Waals surface area (Å²) < 4.78 is 10.9. The maximum Gasteiger partial charge on any atom is 0.319 e. The van der Waals surface area contributed by atoms with E-state index in [9.17, 15) is 9.90 Å². The number of carbonyl (C=O) groups excluding carboxylic acids is 1. The lowest BCUT2D eigenvalue weighted by atomic mass is 9.96. The Balaban J connectivity index is 1.98. The summed E-state index contributed by atoms with van der Waals surface area (Å²) in [5.41, 5.74) is 1.03. The molecule has 2 rings (SSSR count). The molecule has 1 heterocycles. The zero-order valence-corrected chi connectivity index (χ0v) is 15.2. The van der Waals surface area contributed by atoms with Gasteiger partial charge in [-0.25, -0.2) is 4.79 Å². The smallest absolute Gasteiger partial charge is 0.319 e. The van der Waals surface area contributed by atoms with E-state index in [0.29, 0.717) is 30.2 Å². The Labute approximate surface area is 148 Å². The van der Waals surface area contributed by atoms with Gasteiger partial charge in [0.05, 0.1) is 13.2 Å². The molecule has 0 aliphatic heterocycles. The number of amides is 2. The summed E-state index contributed by atoms with van der Waals surface area (Å²) in [5.74, 6) is 1.37. The van der Waals surface area contributed by atoms with Crippen LogP contribution in [0.25, 0.3) is 0 Å². The summed E-state index contributed by atoms with van der Waals surface area (Å²) in [6.45, 7) is 8.28. The fourth-order valence-corrected chi connectivity index (χ4v) is 2.66. The minimum Gasteiger partial charge on any atom is -0.466 e. The summed E-state index contributed by atoms with van der Waals surface area (Å²) >= 11 is 0. The second-order valence-corrected chi connectivity index (χ2v) is 6.20. The van der Waals surface area contributed by atoms with Gasteiger partial charge in [-0.3, -0.25) is 0 Å². The van der Waals surface area contributed by atoms with E-state index in [0.717, 1.165) is 11.3 Å². The zero-order valence-electron chi connectivity index (χ0n) is 15.2. The Hall–Kier alpha value is -2.31. The lowest BCUT2D eigenvalue weighted by molar-refractivity contribution is 0.0584. The number of hydrogen-bond acceptors (Lipinski definition) is 4. The van der Waals surface area contributed by atoms with Crippen molar-refractivity contribution in [3.05, 3.63) is 53.0 Å². The first-order valence-electron chi connectivity index (χ1n) is 8.34. The van der Waals surface area contributed by atoms with Gasteiger partial charge in [0.15, 0.2) is 0 Å². The highest BCUT2D eigenvalue weighted by Crippen LogP contribution is 2.26. The minimum absolute atomic E-state index is 0.0618. The van der Waals surface area contributed by atoms with Crippen molar-refractivity contribution < 1.29 is 19.1 Å². The Kier molecular flexibility index (Phi) is 6.22. The number of hydrogen-bond donors (Lipinski definition) is 3. The van der Waals surface area contributed by atoms with Crippen molar-refractivity contribution in [3.63, 3.8) is 0 Å². The van der Waals surface area contributed by atoms with E-state index in [-0.39, 0.29) is 12.6 Å². The van der Waals surface area contributed by atoms with Crippen LogP contribution in [0.2, 0.25) is 0 Å². The largest absolute Gasteiger partial charge is 0.466 e. The van der Waals surface area contributed by atoms with Crippen molar-refractivity contribution in [1.29, 1.82) is 0 Å². The molecule has 0 saturated heterocycles. The molecule has 0 fully saturated rings. The quantitative estimate of drug-likeness (QED) is 0.717. The number of carbonyl (C=O) groups is 1. The molecule has 0 spiro atoms. The molecule has 2 aromatic rings. The molecule has 1 atom stereocenters. The molecular formula is C19H26N2O4. The molecule has 136 valence electrons. The van der Waals surface area contributed by atoms with Gasteiger partial charge in [-0.15, -0.1) is 0 Å². The second kappa shape index (κ2) is 8.18. The maximum absolute atomic E-state index is 12.2. The molecule has 1 aromatic heterocycles. The summed E-state index contributed by atoms with van der Waals surface area (Å²) in [5, 5.41) is 16.1. The SMILES string of the molecule is CCOCc1ccccc1NC(=O)NC[C@](C)(O)c1cc(C)oc1C. The van der Waals surface area contributed by atoms with E-state index in [1.54, 1.807) is 19.9 Å². The first-order valence-corrected chi connectivity index (χ1v) is 8.34. The number of para-hydroxylation sites is 1. The molecule has 3 N–H and O–H groups in total. The molecule has 0 unspecified atom stereocenters. The van der Waals surface area contributed by atoms with Crippen LogP contribution in [-0.2, 0) is 16.9 Å². The van der Waals surface area contributed by atoms with Crippen LogP contribution < -0.4 is 10.6 Å². The van der Waals surface area contributed by atoms with Gasteiger partial charge >= 0.3 is 6.03 Å². The Bertz CT molecular complexity index is 722. The number of aryl methyl sites for hydroxylation is 2. The molecule has 0 aliphatic rings. The molecule has 25 heavy (non-hydrogen) atoms. The summed E-state index contributed by atoms with van der Waals surface area (Å²) in [4.78, 5) is 12.2. The molecule has 0 aliphatic carbocycles. The second-order valence-electron chi connectivity index (χ2n) is 6.20. The fraction of sp³-hybridized carbons (Fsp3) is 0.421. The number of nitrogens with one attached hydrogen (secondary N) is 2. The van der Waals surface area contributed by atoms with Crippen LogP contribution >= 0.6 is 0 Å². The normalized spacial score (nSPS) is 13.3. The van der Waals surface area contributed by atoms with Gasteiger partial charge in [0.2, 0.25) is 0 Å². The van der Waals surface area contributed by atoms with Gasteiger partial charge in [-0.2, -0.15) is 0 Å². The number of rotatable bonds is 7. The lowest BCUT2D eigenvalue weighted by Crippen LogP contribution is -2.40. The molecule has 2 amide bonds. The molecule has 1 aromatic carbocycles. The third kappa shape index (κ3) is 5.08. The Morgan fingerprint density at radius 1 is 1.32 bits per heavy atom. The van der Waals surface area contributed by atoms with Crippen LogP contribution in [0, 0.1) is 13.8 Å². The standard InChI is InChI=1S/C19H26N2O4/c1-5-24-11-15-8-6-7-9-17(15)21-18(22)20-12-19(4,23)16-10-13(2)25-14(16)3/h6-10,23H,5,11-12H2,1-4H3,(H2,20,21,22)/t19-/m0/s1. The van der Waals surface area contributed by atoms with Crippen molar-refractivity contribution in [3.8, 4) is 0 Å². The van der Waals surface area contributed by atoms with Crippen LogP contribution in [0.3, 0.4) is 0 Å². The molecule has 0 radical (unpaired) electrons. The van der Waals surface area contributed by atoms with Crippen molar-refractivity contribution in [2.45, 2.75) is 39.9 Å². The molecule has 0 bridgehead atoms. The average Bonchev–Trinajstić information content (AvgIpc) is 2.92. The van der Waals surface area contributed by atoms with Gasteiger partial charge in [-0.05, 0) is 39.8 Å². The van der Waals surface area contributed by atoms with E-state index >= 15 is 0 Å². The Morgan fingerprint density at radius 2 is 2.04 bits per heavy atom. The van der Waals surface area contributed by atoms with Crippen LogP contribution in [0.1, 0.15) is 36.5 Å². The predicted octanol–water partition coefficient (Wildman–Crippen LogP) is 3.46. The van der Waals surface area contributed by atoms with Crippen LogP contribution in [0.4, 0.5) is 10.5 Å². The first kappa shape index (κ1) is 19.0. The molecule has 6 heteroatoms. The van der Waals surface area contributed by atoms with E-state index < -0.39 is 5.60 Å². The average molecular weight is 346 g/mol. The first-order chi connectivity index (χ1) is 11.8. The summed E-state index contributed by atoms with van der Waals surface area (Å²) in [6.07, 6.45) is 0. The van der Waals surface area contributed by atoms with Crippen LogP contribution in [0.5, 0.6) is 0 Å². The third-order valence-corrected chi connectivity index (χ3v) is 3.94. The summed E-state index contributed by atoms with van der Waals surface area (Å²) in [7, 11) is 0. The van der Waals surface area contributed by atoms with Crippen molar-refractivity contribution in [1.82, 2.24) is 5.32 Å². The van der Waals surface area contributed by atoms with Crippen molar-refractivity contribution in [2.24, 2.45) is 0 Å². The molecule has 0 saturated carbocycles. The molecular weight excluding hydrogens is 320 g/mol. The third-order valence-electron chi connectivity index (χ3n) is 3.94. The number of ether oxygens (including phenoxy) is 1. The highest BCUT2D eigenvalue weighted by Gasteiger charge is 2.28. The predicted molar refractivity (Wildman–Crippen MR) is 96.5 cm³/mol. The van der Waals surface area contributed by atoms with Gasteiger partial charge in [-0.1, -0.05) is 18.2 Å². The van der Waals surface area contributed by atoms with E-state index in [1.165, 1.54) is 0 Å². The number of aliphatic hydroxyl groups is 1. The molecule has 6 nitrogen and oxygen atoms in total. The minimum atomic E-state index is -1.22. The number of furan rings is 1. The fourth-order valence-electron chi connectivity index (χ4n) is 2.66. The van der Waals surface area contributed by atoms with Crippen molar-refractivity contribution >= 4 is 11.7 Å². The number of benzene rings is 1. The van der Waals surface area contributed by atoms with E-state index in [1.807, 2.05) is 38.1 Å². The van der Waals surface area contributed by atoms with E-state index in [4.69, 9.17) is 9.15 Å². The maximum atomic E-state index is 12.2. The highest BCUT2D eigenvalue weighted by atomic mass is 16.5. The van der Waals surface area contributed by atoms with Crippen LogP contribution in [0.15, 0.2) is 34.7 Å². The topological polar surface area (TPSA) is 83.7 Å². The van der Waals surface area contributed by atoms with E-state index in [2.05, 4.69) is 10.6 Å². The summed E-state index contributed by atoms with van der Waals surface area (Å²) in [6, 6.07) is 8.86. The van der Waals surface area contributed by atoms with Crippen molar-refractivity contribution in [2.75, 3.05) is 18.5 Å². The monoisotopic (exact) mass is 346 g/mol. The Morgan fingerprint density at radius 3 is 2.68 bits per heavy atom. The van der Waals surface area contributed by atoms with Gasteiger partial charge in [0.25, 0.3) is 0 Å². The lowest BCUT2D eigenvalue weighted by Gasteiger charge is -2.23. The van der Waals surface area contributed by atoms with Gasteiger partial charge in [0.1, 0.15) is 17.1 Å².